The lowest BCUT2D eigenvalue weighted by Gasteiger charge is -2.24. The van der Waals surface area contributed by atoms with Gasteiger partial charge in [-0.3, -0.25) is 19.3 Å². The Hall–Kier alpha value is -3.09. The van der Waals surface area contributed by atoms with Gasteiger partial charge in [-0.1, -0.05) is 0 Å². The molecule has 3 fully saturated rings. The first kappa shape index (κ1) is 24.0. The third kappa shape index (κ3) is 5.51. The first-order valence-corrected chi connectivity index (χ1v) is 10.9. The van der Waals surface area contributed by atoms with Crippen LogP contribution in [0.15, 0.2) is 12.1 Å². The molecule has 1 aromatic rings. The molecule has 0 bridgehead atoms. The summed E-state index contributed by atoms with van der Waals surface area (Å²) in [5.74, 6) is -3.11. The predicted molar refractivity (Wildman–Crippen MR) is 110 cm³/mol. The van der Waals surface area contributed by atoms with Crippen LogP contribution in [-0.2, 0) is 19.2 Å². The van der Waals surface area contributed by atoms with Gasteiger partial charge in [-0.2, -0.15) is 8.78 Å². The molecule has 0 spiro atoms. The number of hydrogen-bond acceptors (Lipinski definition) is 6. The number of carbonyl (C=O) groups excluding carboxylic acids is 3. The Balaban J connectivity index is 1.40. The van der Waals surface area contributed by atoms with E-state index in [0.29, 0.717) is 12.3 Å². The van der Waals surface area contributed by atoms with E-state index < -0.39 is 36.2 Å². The number of carbonyl (C=O) groups is 3. The van der Waals surface area contributed by atoms with Gasteiger partial charge >= 0.3 is 12.5 Å². The molecule has 2 aliphatic heterocycles. The van der Waals surface area contributed by atoms with Gasteiger partial charge in [0.2, 0.25) is 5.91 Å². The monoisotopic (exact) mass is 488 g/mol. The van der Waals surface area contributed by atoms with Crippen molar-refractivity contribution in [2.75, 3.05) is 49.1 Å². The van der Waals surface area contributed by atoms with Gasteiger partial charge in [0.25, 0.3) is 5.91 Å². The van der Waals surface area contributed by atoms with Gasteiger partial charge in [-0.05, 0) is 18.8 Å². The van der Waals surface area contributed by atoms with Gasteiger partial charge in [0.15, 0.2) is 11.6 Å². The maximum absolute atomic E-state index is 15.0. The molecule has 3 amide bonds. The second kappa shape index (κ2) is 10.0. The molecule has 1 aliphatic carbocycles. The number of ether oxygens (including phenoxy) is 1. The summed E-state index contributed by atoms with van der Waals surface area (Å²) in [4.78, 5) is 43.2. The van der Waals surface area contributed by atoms with Crippen LogP contribution < -0.4 is 15.1 Å². The molecule has 4 rings (SSSR count). The van der Waals surface area contributed by atoms with Crippen molar-refractivity contribution in [2.45, 2.75) is 31.8 Å². The molecule has 9 nitrogen and oxygen atoms in total. The van der Waals surface area contributed by atoms with Gasteiger partial charge in [0, 0.05) is 31.6 Å². The van der Waals surface area contributed by atoms with Gasteiger partial charge in [0.1, 0.15) is 11.8 Å². The Labute approximate surface area is 192 Å². The molecule has 2 heterocycles. The SMILES string of the molecule is O=C(NC[C@H]1CN(c2cc(F)c(N3CCON(C(=O)CC4CC4)CC3)c(F)c2)C(=O)O1)C(F)F. The number of hydrogen-bond donors (Lipinski definition) is 1. The van der Waals surface area contributed by atoms with Crippen molar-refractivity contribution in [3.63, 3.8) is 0 Å². The Morgan fingerprint density at radius 3 is 2.47 bits per heavy atom. The van der Waals surface area contributed by atoms with Crippen molar-refractivity contribution in [3.8, 4) is 0 Å². The Kier molecular flexibility index (Phi) is 7.10. The van der Waals surface area contributed by atoms with Gasteiger partial charge in [0.05, 0.1) is 31.9 Å². The van der Waals surface area contributed by atoms with E-state index in [1.165, 1.54) is 9.96 Å². The molecule has 0 unspecified atom stereocenters. The standard InChI is InChI=1S/C21H24F4N4O5/c22-15-8-13(28-11-14(34-21(28)32)10-26-20(31)19(24)25)9-16(23)18(15)27-3-4-29(33-6-5-27)17(30)7-12-1-2-12/h8-9,12,14,19H,1-7,10-11H2,(H,26,31)/t14-/m0/s1. The average Bonchev–Trinajstić information content (AvgIpc) is 3.55. The molecule has 1 atom stereocenters. The lowest BCUT2D eigenvalue weighted by atomic mass is 10.2. The number of alkyl halides is 2. The number of cyclic esters (lactones) is 1. The molecular formula is C21H24F4N4O5. The summed E-state index contributed by atoms with van der Waals surface area (Å²) in [6.45, 7) is -0.0219. The van der Waals surface area contributed by atoms with E-state index >= 15 is 0 Å². The van der Waals surface area contributed by atoms with Gasteiger partial charge < -0.3 is 15.0 Å². The lowest BCUT2D eigenvalue weighted by Crippen LogP contribution is -2.37. The highest BCUT2D eigenvalue weighted by Crippen LogP contribution is 2.34. The van der Waals surface area contributed by atoms with Crippen molar-refractivity contribution in [1.82, 2.24) is 10.4 Å². The second-order valence-corrected chi connectivity index (χ2v) is 8.38. The van der Waals surface area contributed by atoms with E-state index in [9.17, 15) is 31.9 Å². The summed E-state index contributed by atoms with van der Waals surface area (Å²) in [5, 5.41) is 3.18. The average molecular weight is 488 g/mol. The fraction of sp³-hybridized carbons (Fsp3) is 0.571. The Morgan fingerprint density at radius 1 is 1.12 bits per heavy atom. The highest BCUT2D eigenvalue weighted by Gasteiger charge is 2.35. The number of anilines is 2. The van der Waals surface area contributed by atoms with E-state index in [2.05, 4.69) is 0 Å². The van der Waals surface area contributed by atoms with E-state index in [1.807, 2.05) is 5.32 Å². The smallest absolute Gasteiger partial charge is 0.414 e. The molecule has 13 heteroatoms. The maximum atomic E-state index is 15.0. The zero-order valence-electron chi connectivity index (χ0n) is 18.1. The summed E-state index contributed by atoms with van der Waals surface area (Å²) in [5.41, 5.74) is -0.420. The second-order valence-electron chi connectivity index (χ2n) is 8.38. The Morgan fingerprint density at radius 2 is 1.82 bits per heavy atom. The van der Waals surface area contributed by atoms with E-state index in [0.717, 1.165) is 29.9 Å². The minimum absolute atomic E-state index is 0.0709. The number of amides is 3. The molecule has 0 aromatic heterocycles. The normalized spacial score (nSPS) is 21.0. The van der Waals surface area contributed by atoms with Crippen LogP contribution in [0.4, 0.5) is 33.7 Å². The Bertz CT molecular complexity index is 938. The minimum Gasteiger partial charge on any atom is -0.442 e. The van der Waals surface area contributed by atoms with E-state index in [1.54, 1.807) is 0 Å². The molecule has 34 heavy (non-hydrogen) atoms. The van der Waals surface area contributed by atoms with Crippen molar-refractivity contribution in [3.05, 3.63) is 23.8 Å². The number of hydroxylamine groups is 2. The maximum Gasteiger partial charge on any atom is 0.414 e. The number of nitrogens with zero attached hydrogens (tertiary/aromatic N) is 3. The number of halogens is 4. The van der Waals surface area contributed by atoms with Crippen molar-refractivity contribution < 1.29 is 41.5 Å². The first-order valence-electron chi connectivity index (χ1n) is 10.9. The molecule has 1 aromatic carbocycles. The van der Waals surface area contributed by atoms with Crippen LogP contribution in [0.5, 0.6) is 0 Å². The van der Waals surface area contributed by atoms with Crippen LogP contribution in [0.25, 0.3) is 0 Å². The highest BCUT2D eigenvalue weighted by molar-refractivity contribution is 5.90. The topological polar surface area (TPSA) is 91.4 Å². The zero-order valence-corrected chi connectivity index (χ0v) is 18.1. The lowest BCUT2D eigenvalue weighted by molar-refractivity contribution is -0.182. The van der Waals surface area contributed by atoms with Crippen LogP contribution in [0.3, 0.4) is 0 Å². The summed E-state index contributed by atoms with van der Waals surface area (Å²) < 4.78 is 59.5. The van der Waals surface area contributed by atoms with Crippen molar-refractivity contribution in [2.24, 2.45) is 5.92 Å². The molecule has 2 saturated heterocycles. The summed E-state index contributed by atoms with van der Waals surface area (Å²) >= 11 is 0. The number of benzene rings is 1. The minimum atomic E-state index is -3.21. The molecule has 186 valence electrons. The van der Waals surface area contributed by atoms with E-state index in [4.69, 9.17) is 9.57 Å². The van der Waals surface area contributed by atoms with Crippen molar-refractivity contribution >= 4 is 29.3 Å². The van der Waals surface area contributed by atoms with Crippen molar-refractivity contribution in [1.29, 1.82) is 0 Å². The number of nitrogens with one attached hydrogen (secondary N) is 1. The van der Waals surface area contributed by atoms with Gasteiger partial charge in [-0.25, -0.2) is 18.6 Å². The molecule has 3 aliphatic rings. The molecule has 1 N–H and O–H groups in total. The van der Waals surface area contributed by atoms with Gasteiger partial charge in [-0.15, -0.1) is 0 Å². The quantitative estimate of drug-likeness (QED) is 0.591. The molecule has 1 saturated carbocycles. The van der Waals surface area contributed by atoms with E-state index in [-0.39, 0.29) is 56.6 Å². The van der Waals surface area contributed by atoms with Crippen LogP contribution in [0.2, 0.25) is 0 Å². The fourth-order valence-electron chi connectivity index (χ4n) is 3.88. The fourth-order valence-corrected chi connectivity index (χ4v) is 3.88. The van der Waals surface area contributed by atoms with Crippen LogP contribution in [0.1, 0.15) is 19.3 Å². The van der Waals surface area contributed by atoms with Crippen LogP contribution in [0, 0.1) is 17.6 Å². The third-order valence-electron chi connectivity index (χ3n) is 5.83. The third-order valence-corrected chi connectivity index (χ3v) is 5.83. The number of rotatable bonds is 7. The largest absolute Gasteiger partial charge is 0.442 e. The van der Waals surface area contributed by atoms with Crippen LogP contribution >= 0.6 is 0 Å². The predicted octanol–water partition coefficient (Wildman–Crippen LogP) is 2.05. The molecule has 0 radical (unpaired) electrons. The summed E-state index contributed by atoms with van der Waals surface area (Å²) in [6.07, 6.45) is -2.65. The zero-order chi connectivity index (χ0) is 24.4. The van der Waals surface area contributed by atoms with Crippen LogP contribution in [-0.4, -0.2) is 74.8 Å². The summed E-state index contributed by atoms with van der Waals surface area (Å²) in [7, 11) is 0. The molecular weight excluding hydrogens is 464 g/mol. The summed E-state index contributed by atoms with van der Waals surface area (Å²) in [6, 6.07) is 1.95. The highest BCUT2D eigenvalue weighted by atomic mass is 19.3. The first-order chi connectivity index (χ1) is 16.2.